The van der Waals surface area contributed by atoms with Crippen molar-refractivity contribution in [1.29, 1.82) is 0 Å². The highest BCUT2D eigenvalue weighted by molar-refractivity contribution is 6.27. The SMILES string of the molecule is CC1=NN(c2ccccc2)C(=O)C1(Cc1ccccc1)C1CC(=O)N(c2ccccc2)C1=O. The monoisotopic (exact) mass is 437 g/mol. The first-order valence-electron chi connectivity index (χ1n) is 10.9. The molecule has 0 aliphatic carbocycles. The molecule has 0 aromatic heterocycles. The number of nitrogens with zero attached hydrogens (tertiary/aromatic N) is 3. The molecule has 3 aromatic carbocycles. The van der Waals surface area contributed by atoms with Crippen LogP contribution in [0.15, 0.2) is 96.1 Å². The molecule has 0 bridgehead atoms. The van der Waals surface area contributed by atoms with Crippen LogP contribution in [0.2, 0.25) is 0 Å². The zero-order valence-corrected chi connectivity index (χ0v) is 18.2. The number of imide groups is 1. The first-order valence-corrected chi connectivity index (χ1v) is 10.9. The lowest BCUT2D eigenvalue weighted by Gasteiger charge is -2.33. The zero-order valence-electron chi connectivity index (χ0n) is 18.2. The topological polar surface area (TPSA) is 70.1 Å². The maximum absolute atomic E-state index is 14.1. The fraction of sp³-hybridized carbons (Fsp3) is 0.185. The third kappa shape index (κ3) is 3.35. The van der Waals surface area contributed by atoms with E-state index in [9.17, 15) is 14.4 Å². The summed E-state index contributed by atoms with van der Waals surface area (Å²) in [4.78, 5) is 42.0. The Balaban J connectivity index is 1.60. The van der Waals surface area contributed by atoms with Gasteiger partial charge < -0.3 is 0 Å². The van der Waals surface area contributed by atoms with Gasteiger partial charge in [0.25, 0.3) is 5.91 Å². The van der Waals surface area contributed by atoms with E-state index in [-0.39, 0.29) is 30.6 Å². The van der Waals surface area contributed by atoms with Gasteiger partial charge in [0.2, 0.25) is 11.8 Å². The number of carbonyl (C=O) groups excluding carboxylic acids is 3. The lowest BCUT2D eigenvalue weighted by Crippen LogP contribution is -2.49. The quantitative estimate of drug-likeness (QED) is 0.561. The molecule has 5 rings (SSSR count). The maximum Gasteiger partial charge on any atom is 0.260 e. The van der Waals surface area contributed by atoms with Crippen molar-refractivity contribution in [1.82, 2.24) is 0 Å². The average Bonchev–Trinajstić information content (AvgIpc) is 3.28. The third-order valence-electron chi connectivity index (χ3n) is 6.55. The first-order chi connectivity index (χ1) is 16.0. The Bertz CT molecular complexity index is 1240. The summed E-state index contributed by atoms with van der Waals surface area (Å²) in [6.45, 7) is 1.78. The molecule has 6 heteroatoms. The Morgan fingerprint density at radius 1 is 0.818 bits per heavy atom. The average molecular weight is 437 g/mol. The number of para-hydroxylation sites is 2. The third-order valence-corrected chi connectivity index (χ3v) is 6.55. The summed E-state index contributed by atoms with van der Waals surface area (Å²) in [5.74, 6) is -1.78. The van der Waals surface area contributed by atoms with Crippen LogP contribution in [0.1, 0.15) is 18.9 Å². The van der Waals surface area contributed by atoms with Crippen LogP contribution in [0, 0.1) is 11.3 Å². The minimum atomic E-state index is -1.24. The lowest BCUT2D eigenvalue weighted by atomic mass is 9.67. The molecule has 0 saturated carbocycles. The van der Waals surface area contributed by atoms with Gasteiger partial charge in [-0.3, -0.25) is 19.3 Å². The predicted molar refractivity (Wildman–Crippen MR) is 127 cm³/mol. The van der Waals surface area contributed by atoms with Gasteiger partial charge in [-0.2, -0.15) is 10.1 Å². The Morgan fingerprint density at radius 2 is 1.36 bits per heavy atom. The highest BCUT2D eigenvalue weighted by atomic mass is 16.2. The molecular formula is C27H23N3O3. The molecule has 0 radical (unpaired) electrons. The predicted octanol–water partition coefficient (Wildman–Crippen LogP) is 4.22. The van der Waals surface area contributed by atoms with Gasteiger partial charge in [0.15, 0.2) is 0 Å². The molecular weight excluding hydrogens is 414 g/mol. The Morgan fingerprint density at radius 3 is 1.97 bits per heavy atom. The van der Waals surface area contributed by atoms with Crippen LogP contribution in [-0.2, 0) is 20.8 Å². The largest absolute Gasteiger partial charge is 0.274 e. The Kier molecular flexibility index (Phi) is 5.13. The van der Waals surface area contributed by atoms with E-state index < -0.39 is 11.3 Å². The normalized spacial score (nSPS) is 22.8. The molecule has 164 valence electrons. The van der Waals surface area contributed by atoms with Gasteiger partial charge in [-0.15, -0.1) is 0 Å². The van der Waals surface area contributed by atoms with E-state index >= 15 is 0 Å². The number of hydrogen-bond acceptors (Lipinski definition) is 4. The van der Waals surface area contributed by atoms with Crippen molar-refractivity contribution in [3.63, 3.8) is 0 Å². The smallest absolute Gasteiger partial charge is 0.260 e. The molecule has 2 atom stereocenters. The van der Waals surface area contributed by atoms with Crippen LogP contribution in [0.3, 0.4) is 0 Å². The van der Waals surface area contributed by atoms with Gasteiger partial charge in [0.05, 0.1) is 23.0 Å². The number of hydrogen-bond donors (Lipinski definition) is 0. The van der Waals surface area contributed by atoms with Gasteiger partial charge in [0.1, 0.15) is 5.41 Å². The summed E-state index contributed by atoms with van der Waals surface area (Å²) < 4.78 is 0. The molecule has 3 aromatic rings. The van der Waals surface area contributed by atoms with Gasteiger partial charge in [-0.25, -0.2) is 0 Å². The summed E-state index contributed by atoms with van der Waals surface area (Å²) in [7, 11) is 0. The number of benzene rings is 3. The molecule has 2 unspecified atom stereocenters. The van der Waals surface area contributed by atoms with Crippen molar-refractivity contribution in [2.45, 2.75) is 19.8 Å². The second kappa shape index (κ2) is 8.13. The van der Waals surface area contributed by atoms with Crippen molar-refractivity contribution >= 4 is 34.8 Å². The molecule has 1 saturated heterocycles. The van der Waals surface area contributed by atoms with E-state index in [2.05, 4.69) is 5.10 Å². The number of amides is 3. The molecule has 2 aliphatic rings. The summed E-state index contributed by atoms with van der Waals surface area (Å²) in [6, 6.07) is 27.6. The van der Waals surface area contributed by atoms with Crippen LogP contribution in [0.25, 0.3) is 0 Å². The van der Waals surface area contributed by atoms with Crippen molar-refractivity contribution in [3.05, 3.63) is 96.6 Å². The van der Waals surface area contributed by atoms with Gasteiger partial charge in [0, 0.05) is 6.42 Å². The fourth-order valence-electron chi connectivity index (χ4n) is 4.88. The van der Waals surface area contributed by atoms with Crippen molar-refractivity contribution in [2.24, 2.45) is 16.4 Å². The van der Waals surface area contributed by atoms with Crippen LogP contribution >= 0.6 is 0 Å². The summed E-state index contributed by atoms with van der Waals surface area (Å²) in [5.41, 5.74) is 1.36. The van der Waals surface area contributed by atoms with E-state index in [4.69, 9.17) is 0 Å². The van der Waals surface area contributed by atoms with Crippen LogP contribution in [-0.4, -0.2) is 23.4 Å². The number of carbonyl (C=O) groups is 3. The van der Waals surface area contributed by atoms with Crippen LogP contribution in [0.4, 0.5) is 11.4 Å². The van der Waals surface area contributed by atoms with Crippen LogP contribution in [0.5, 0.6) is 0 Å². The summed E-state index contributed by atoms with van der Waals surface area (Å²) >= 11 is 0. The van der Waals surface area contributed by atoms with E-state index in [1.807, 2.05) is 66.7 Å². The number of anilines is 2. The first kappa shape index (κ1) is 20.8. The summed E-state index contributed by atoms with van der Waals surface area (Å²) in [6.07, 6.45) is 0.249. The second-order valence-electron chi connectivity index (χ2n) is 8.43. The molecule has 0 N–H and O–H groups in total. The minimum absolute atomic E-state index is 0.0399. The van der Waals surface area contributed by atoms with E-state index in [1.165, 1.54) is 9.91 Å². The van der Waals surface area contributed by atoms with E-state index in [1.54, 1.807) is 31.2 Å². The highest BCUT2D eigenvalue weighted by Gasteiger charge is 2.61. The van der Waals surface area contributed by atoms with Crippen LogP contribution < -0.4 is 9.91 Å². The minimum Gasteiger partial charge on any atom is -0.274 e. The van der Waals surface area contributed by atoms with Crippen molar-refractivity contribution in [3.8, 4) is 0 Å². The van der Waals surface area contributed by atoms with Gasteiger partial charge in [-0.05, 0) is 43.2 Å². The molecule has 33 heavy (non-hydrogen) atoms. The molecule has 0 spiro atoms. The van der Waals surface area contributed by atoms with Gasteiger partial charge in [-0.1, -0.05) is 66.7 Å². The zero-order chi connectivity index (χ0) is 23.0. The number of rotatable bonds is 5. The Labute approximate surface area is 192 Å². The maximum atomic E-state index is 14.1. The molecule has 1 fully saturated rings. The second-order valence-corrected chi connectivity index (χ2v) is 8.43. The standard InChI is InChI=1S/C27H23N3O3/c1-19-27(18-20-11-5-2-6-12-20,26(33)30(28-19)22-15-9-4-10-16-22)23-17-24(31)29(25(23)32)21-13-7-3-8-14-21/h2-16,23H,17-18H2,1H3. The fourth-order valence-corrected chi connectivity index (χ4v) is 4.88. The van der Waals surface area contributed by atoms with Gasteiger partial charge >= 0.3 is 0 Å². The molecule has 3 amide bonds. The molecule has 2 heterocycles. The molecule has 2 aliphatic heterocycles. The van der Waals surface area contributed by atoms with Crippen molar-refractivity contribution < 1.29 is 14.4 Å². The lowest BCUT2D eigenvalue weighted by molar-refractivity contribution is -0.132. The highest BCUT2D eigenvalue weighted by Crippen LogP contribution is 2.47. The summed E-state index contributed by atoms with van der Waals surface area (Å²) in [5, 5.41) is 5.99. The Hall–Kier alpha value is -4.06. The number of hydrazone groups is 1. The van der Waals surface area contributed by atoms with E-state index in [0.717, 1.165) is 5.56 Å². The van der Waals surface area contributed by atoms with Crippen molar-refractivity contribution in [2.75, 3.05) is 9.91 Å². The molecule has 6 nitrogen and oxygen atoms in total. The van der Waals surface area contributed by atoms with E-state index in [0.29, 0.717) is 17.1 Å².